The first kappa shape index (κ1) is 25.1. The zero-order valence-corrected chi connectivity index (χ0v) is 18.1. The highest BCUT2D eigenvalue weighted by Crippen LogP contribution is 2.36. The van der Waals surface area contributed by atoms with Crippen molar-refractivity contribution >= 4 is 5.69 Å². The maximum atomic E-state index is 13.6. The Hall–Kier alpha value is -3.50. The number of nitro groups is 1. The lowest BCUT2D eigenvalue weighted by atomic mass is 9.98. The van der Waals surface area contributed by atoms with Crippen molar-refractivity contribution in [2.24, 2.45) is 0 Å². The molecule has 34 heavy (non-hydrogen) atoms. The molecule has 0 radical (unpaired) electrons. The maximum Gasteiger partial charge on any atom is 0.417 e. The van der Waals surface area contributed by atoms with Gasteiger partial charge in [-0.2, -0.15) is 17.6 Å². The summed E-state index contributed by atoms with van der Waals surface area (Å²) in [5, 5.41) is 20.8. The van der Waals surface area contributed by atoms with Crippen LogP contribution in [-0.4, -0.2) is 41.2 Å². The highest BCUT2D eigenvalue weighted by Gasteiger charge is 2.33. The number of rotatable bonds is 9. The van der Waals surface area contributed by atoms with Gasteiger partial charge in [0.05, 0.1) is 10.5 Å². The molecule has 3 aromatic rings. The van der Waals surface area contributed by atoms with Gasteiger partial charge in [-0.1, -0.05) is 42.5 Å². The van der Waals surface area contributed by atoms with Crippen LogP contribution in [0.3, 0.4) is 0 Å². The number of nitrogens with zero attached hydrogens (tertiary/aromatic N) is 2. The number of aliphatic hydroxyl groups excluding tert-OH is 1. The monoisotopic (exact) mass is 478 g/mol. The summed E-state index contributed by atoms with van der Waals surface area (Å²) >= 11 is 0. The molecule has 0 saturated carbocycles. The summed E-state index contributed by atoms with van der Waals surface area (Å²) in [6.45, 7) is 0.466. The third-order valence-electron chi connectivity index (χ3n) is 5.03. The van der Waals surface area contributed by atoms with E-state index >= 15 is 0 Å². The number of aliphatic hydroxyl groups is 1. The van der Waals surface area contributed by atoms with Crippen molar-refractivity contribution in [1.29, 1.82) is 0 Å². The number of nitro benzene ring substituents is 1. The molecule has 0 fully saturated rings. The average Bonchev–Trinajstić information content (AvgIpc) is 2.77. The summed E-state index contributed by atoms with van der Waals surface area (Å²) in [4.78, 5) is 11.6. The zero-order valence-electron chi connectivity index (χ0n) is 18.1. The van der Waals surface area contributed by atoms with Crippen LogP contribution in [0.2, 0.25) is 0 Å². The van der Waals surface area contributed by atoms with Crippen molar-refractivity contribution in [3.8, 4) is 16.9 Å². The fraction of sp³-hybridized carbons (Fsp3) is 0.250. The van der Waals surface area contributed by atoms with E-state index in [1.54, 1.807) is 42.3 Å². The Morgan fingerprint density at radius 1 is 1.09 bits per heavy atom. The van der Waals surface area contributed by atoms with Crippen molar-refractivity contribution in [3.63, 3.8) is 0 Å². The standard InChI is InChI=1S/C24H22F4N2O4/c1-29(14-18(31)15-34-19-10-11-23(30(32)33)22(25)12-19)13-16-6-8-17(9-7-16)20-4-2-3-5-21(20)24(26,27)28/h2-12,18,31H,13-15H2,1H3. The predicted molar refractivity (Wildman–Crippen MR) is 118 cm³/mol. The summed E-state index contributed by atoms with van der Waals surface area (Å²) in [6.07, 6.45) is -5.38. The van der Waals surface area contributed by atoms with E-state index in [-0.39, 0.29) is 24.5 Å². The molecule has 0 spiro atoms. The Labute approximate surface area is 193 Å². The van der Waals surface area contributed by atoms with Gasteiger partial charge in [0.1, 0.15) is 18.5 Å². The normalized spacial score (nSPS) is 12.6. The first-order valence-corrected chi connectivity index (χ1v) is 10.2. The Morgan fingerprint density at radius 2 is 1.76 bits per heavy atom. The smallest absolute Gasteiger partial charge is 0.417 e. The molecule has 180 valence electrons. The first-order chi connectivity index (χ1) is 16.0. The van der Waals surface area contributed by atoms with Gasteiger partial charge >= 0.3 is 11.9 Å². The molecule has 0 aliphatic heterocycles. The molecular weight excluding hydrogens is 456 g/mol. The van der Waals surface area contributed by atoms with Crippen LogP contribution in [-0.2, 0) is 12.7 Å². The Balaban J connectivity index is 1.55. The van der Waals surface area contributed by atoms with E-state index in [1.165, 1.54) is 18.2 Å². The molecule has 0 bridgehead atoms. The lowest BCUT2D eigenvalue weighted by Gasteiger charge is -2.21. The van der Waals surface area contributed by atoms with Crippen LogP contribution >= 0.6 is 0 Å². The molecular formula is C24H22F4N2O4. The number of hydrogen-bond donors (Lipinski definition) is 1. The van der Waals surface area contributed by atoms with Gasteiger partial charge in [-0.3, -0.25) is 15.0 Å². The minimum Gasteiger partial charge on any atom is -0.491 e. The number of likely N-dealkylation sites (N-methyl/N-ethyl adjacent to an activating group) is 1. The van der Waals surface area contributed by atoms with Gasteiger partial charge in [-0.15, -0.1) is 0 Å². The molecule has 10 heteroatoms. The van der Waals surface area contributed by atoms with Crippen molar-refractivity contribution in [2.45, 2.75) is 18.8 Å². The molecule has 0 amide bonds. The molecule has 3 aromatic carbocycles. The van der Waals surface area contributed by atoms with Crippen molar-refractivity contribution in [3.05, 3.63) is 93.8 Å². The molecule has 0 heterocycles. The molecule has 1 N–H and O–H groups in total. The number of benzene rings is 3. The van der Waals surface area contributed by atoms with Crippen molar-refractivity contribution in [1.82, 2.24) is 4.90 Å². The summed E-state index contributed by atoms with van der Waals surface area (Å²) < 4.78 is 58.7. The molecule has 0 aliphatic rings. The van der Waals surface area contributed by atoms with Crippen LogP contribution in [0.5, 0.6) is 5.75 Å². The minimum absolute atomic E-state index is 0.0551. The SMILES string of the molecule is CN(Cc1ccc(-c2ccccc2C(F)(F)F)cc1)CC(O)COc1ccc([N+](=O)[O-])c(F)c1. The number of halogens is 4. The van der Waals surface area contributed by atoms with Crippen LogP contribution < -0.4 is 4.74 Å². The van der Waals surface area contributed by atoms with E-state index in [0.717, 1.165) is 23.8 Å². The molecule has 1 atom stereocenters. The lowest BCUT2D eigenvalue weighted by molar-refractivity contribution is -0.387. The summed E-state index contributed by atoms with van der Waals surface area (Å²) in [5.74, 6) is -0.977. The number of hydrogen-bond acceptors (Lipinski definition) is 5. The molecule has 3 rings (SSSR count). The van der Waals surface area contributed by atoms with Crippen molar-refractivity contribution in [2.75, 3.05) is 20.2 Å². The van der Waals surface area contributed by atoms with Crippen LogP contribution in [0.4, 0.5) is 23.2 Å². The Bertz CT molecular complexity index is 1140. The molecule has 0 saturated heterocycles. The fourth-order valence-electron chi connectivity index (χ4n) is 3.48. The number of alkyl halides is 3. The Kier molecular flexibility index (Phi) is 7.85. The topological polar surface area (TPSA) is 75.8 Å². The van der Waals surface area contributed by atoms with E-state index in [9.17, 15) is 32.8 Å². The van der Waals surface area contributed by atoms with Gasteiger partial charge in [0, 0.05) is 25.2 Å². The van der Waals surface area contributed by atoms with Crippen LogP contribution in [0.15, 0.2) is 66.7 Å². The van der Waals surface area contributed by atoms with E-state index in [4.69, 9.17) is 4.74 Å². The van der Waals surface area contributed by atoms with Crippen molar-refractivity contribution < 1.29 is 32.3 Å². The van der Waals surface area contributed by atoms with E-state index in [0.29, 0.717) is 12.1 Å². The third kappa shape index (κ3) is 6.52. The summed E-state index contributed by atoms with van der Waals surface area (Å²) in [5.41, 5.74) is 0.0194. The molecule has 0 aliphatic carbocycles. The average molecular weight is 478 g/mol. The molecule has 0 aromatic heterocycles. The van der Waals surface area contributed by atoms with E-state index in [2.05, 4.69) is 0 Å². The highest BCUT2D eigenvalue weighted by atomic mass is 19.4. The van der Waals surface area contributed by atoms with Crippen LogP contribution in [0.25, 0.3) is 11.1 Å². The Morgan fingerprint density at radius 3 is 2.38 bits per heavy atom. The second kappa shape index (κ2) is 10.6. The molecule has 6 nitrogen and oxygen atoms in total. The maximum absolute atomic E-state index is 13.6. The second-order valence-electron chi connectivity index (χ2n) is 7.77. The highest BCUT2D eigenvalue weighted by molar-refractivity contribution is 5.68. The van der Waals surface area contributed by atoms with Crippen LogP contribution in [0, 0.1) is 15.9 Å². The van der Waals surface area contributed by atoms with Gasteiger partial charge in [0.15, 0.2) is 0 Å². The van der Waals surface area contributed by atoms with E-state index < -0.39 is 34.3 Å². The van der Waals surface area contributed by atoms with Gasteiger partial charge in [-0.05, 0) is 35.9 Å². The fourth-order valence-corrected chi connectivity index (χ4v) is 3.48. The van der Waals surface area contributed by atoms with Crippen LogP contribution in [0.1, 0.15) is 11.1 Å². The zero-order chi connectivity index (χ0) is 24.9. The first-order valence-electron chi connectivity index (χ1n) is 10.2. The van der Waals surface area contributed by atoms with Gasteiger partial charge in [0.25, 0.3) is 0 Å². The van der Waals surface area contributed by atoms with Gasteiger partial charge in [0.2, 0.25) is 5.82 Å². The predicted octanol–water partition coefficient (Wildman–Crippen LogP) is 5.29. The lowest BCUT2D eigenvalue weighted by Crippen LogP contribution is -2.32. The number of ether oxygens (including phenoxy) is 1. The summed E-state index contributed by atoms with van der Waals surface area (Å²) in [6, 6.07) is 15.2. The van der Waals surface area contributed by atoms with E-state index in [1.807, 2.05) is 0 Å². The third-order valence-corrected chi connectivity index (χ3v) is 5.03. The summed E-state index contributed by atoms with van der Waals surface area (Å²) in [7, 11) is 1.75. The van der Waals surface area contributed by atoms with Gasteiger partial charge < -0.3 is 9.84 Å². The largest absolute Gasteiger partial charge is 0.491 e. The second-order valence-corrected chi connectivity index (χ2v) is 7.77. The van der Waals surface area contributed by atoms with Gasteiger partial charge in [-0.25, -0.2) is 0 Å². The quantitative estimate of drug-likeness (QED) is 0.257. The molecule has 1 unspecified atom stereocenters. The minimum atomic E-state index is -4.45.